The second-order valence-corrected chi connectivity index (χ2v) is 7.93. The van der Waals surface area contributed by atoms with Crippen molar-refractivity contribution in [2.24, 2.45) is 5.92 Å². The van der Waals surface area contributed by atoms with E-state index in [1.54, 1.807) is 18.2 Å². The summed E-state index contributed by atoms with van der Waals surface area (Å²) in [5.41, 5.74) is 1.09. The predicted octanol–water partition coefficient (Wildman–Crippen LogP) is 4.02. The van der Waals surface area contributed by atoms with Gasteiger partial charge in [-0.3, -0.25) is 4.79 Å². The van der Waals surface area contributed by atoms with Crippen LogP contribution in [0.4, 0.5) is 15.2 Å². The number of aromatic nitrogens is 1. The summed E-state index contributed by atoms with van der Waals surface area (Å²) in [6.45, 7) is 1.58. The maximum Gasteiger partial charge on any atom is 0.231 e. The van der Waals surface area contributed by atoms with Gasteiger partial charge in [-0.1, -0.05) is 17.4 Å². The van der Waals surface area contributed by atoms with Gasteiger partial charge >= 0.3 is 0 Å². The number of piperidine rings is 1. The highest BCUT2D eigenvalue weighted by Gasteiger charge is 2.28. The van der Waals surface area contributed by atoms with E-state index in [4.69, 9.17) is 9.47 Å². The largest absolute Gasteiger partial charge is 0.454 e. The van der Waals surface area contributed by atoms with Crippen molar-refractivity contribution < 1.29 is 18.7 Å². The van der Waals surface area contributed by atoms with E-state index in [-0.39, 0.29) is 24.4 Å². The van der Waals surface area contributed by atoms with Crippen LogP contribution in [0.1, 0.15) is 12.8 Å². The van der Waals surface area contributed by atoms with E-state index >= 15 is 0 Å². The fourth-order valence-corrected chi connectivity index (χ4v) is 4.64. The number of hydrogen-bond acceptors (Lipinski definition) is 6. The minimum Gasteiger partial charge on any atom is -0.454 e. The molecule has 3 heterocycles. The number of anilines is 2. The van der Waals surface area contributed by atoms with Crippen molar-refractivity contribution in [3.8, 4) is 11.5 Å². The summed E-state index contributed by atoms with van der Waals surface area (Å²) in [5.74, 6) is 0.825. The third-order valence-corrected chi connectivity index (χ3v) is 6.14. The lowest BCUT2D eigenvalue weighted by Gasteiger charge is -2.31. The van der Waals surface area contributed by atoms with Crippen LogP contribution in [-0.4, -0.2) is 30.8 Å². The molecule has 1 amide bonds. The Bertz CT molecular complexity index is 1050. The number of nitrogens with one attached hydrogen (secondary N) is 1. The Morgan fingerprint density at radius 1 is 1.25 bits per heavy atom. The van der Waals surface area contributed by atoms with Gasteiger partial charge in [0.2, 0.25) is 12.7 Å². The minimum absolute atomic E-state index is 0.0316. The number of amides is 1. The molecule has 0 aliphatic carbocycles. The first kappa shape index (κ1) is 17.2. The molecular weight excluding hydrogens is 381 g/mol. The molecule has 0 spiro atoms. The van der Waals surface area contributed by atoms with E-state index in [2.05, 4.69) is 15.2 Å². The summed E-state index contributed by atoms with van der Waals surface area (Å²) >= 11 is 1.46. The van der Waals surface area contributed by atoms with Crippen LogP contribution in [0.2, 0.25) is 0 Å². The molecule has 0 saturated carbocycles. The highest BCUT2D eigenvalue weighted by atomic mass is 32.1. The normalized spacial score (nSPS) is 18.5. The van der Waals surface area contributed by atoms with Gasteiger partial charge in [0, 0.05) is 24.8 Å². The Morgan fingerprint density at radius 2 is 2.14 bits per heavy atom. The number of thiazole rings is 1. The molecule has 1 aromatic heterocycles. The molecule has 2 aliphatic heterocycles. The fourth-order valence-electron chi connectivity index (χ4n) is 3.62. The van der Waals surface area contributed by atoms with Crippen molar-refractivity contribution in [3.63, 3.8) is 0 Å². The van der Waals surface area contributed by atoms with Crippen LogP contribution in [0.5, 0.6) is 11.5 Å². The molecule has 5 rings (SSSR count). The molecule has 3 aromatic rings. The molecule has 6 nitrogen and oxygen atoms in total. The van der Waals surface area contributed by atoms with Crippen LogP contribution in [0.15, 0.2) is 36.4 Å². The summed E-state index contributed by atoms with van der Waals surface area (Å²) in [4.78, 5) is 19.3. The van der Waals surface area contributed by atoms with Crippen LogP contribution >= 0.6 is 11.3 Å². The highest BCUT2D eigenvalue weighted by Crippen LogP contribution is 2.35. The number of carbonyl (C=O) groups excluding carboxylic acids is 1. The molecule has 8 heteroatoms. The van der Waals surface area contributed by atoms with Gasteiger partial charge < -0.3 is 19.7 Å². The first-order chi connectivity index (χ1) is 13.7. The van der Waals surface area contributed by atoms with E-state index in [0.29, 0.717) is 29.2 Å². The van der Waals surface area contributed by atoms with Crippen LogP contribution in [0, 0.1) is 11.7 Å². The average molecular weight is 399 g/mol. The number of ether oxygens (including phenoxy) is 2. The molecule has 144 valence electrons. The molecule has 1 N–H and O–H groups in total. The van der Waals surface area contributed by atoms with Crippen LogP contribution in [-0.2, 0) is 4.79 Å². The Kier molecular flexibility index (Phi) is 4.27. The highest BCUT2D eigenvalue weighted by molar-refractivity contribution is 7.22. The van der Waals surface area contributed by atoms with Gasteiger partial charge in [0.1, 0.15) is 11.3 Å². The molecule has 0 bridgehead atoms. The molecule has 1 fully saturated rings. The fraction of sp³-hybridized carbons (Fsp3) is 0.300. The number of hydrogen-bond donors (Lipinski definition) is 1. The van der Waals surface area contributed by atoms with Crippen molar-refractivity contribution in [3.05, 3.63) is 42.2 Å². The number of carbonyl (C=O) groups is 1. The van der Waals surface area contributed by atoms with E-state index in [1.165, 1.54) is 17.4 Å². The van der Waals surface area contributed by atoms with Gasteiger partial charge in [0.15, 0.2) is 16.6 Å². The number of benzene rings is 2. The zero-order valence-corrected chi connectivity index (χ0v) is 15.8. The number of fused-ring (bicyclic) bond motifs is 2. The van der Waals surface area contributed by atoms with E-state index < -0.39 is 0 Å². The summed E-state index contributed by atoms with van der Waals surface area (Å²) in [7, 11) is 0. The summed E-state index contributed by atoms with van der Waals surface area (Å²) in [6.07, 6.45) is 1.70. The lowest BCUT2D eigenvalue weighted by atomic mass is 9.97. The first-order valence-electron chi connectivity index (χ1n) is 9.18. The zero-order chi connectivity index (χ0) is 19.1. The van der Waals surface area contributed by atoms with Gasteiger partial charge in [0.05, 0.1) is 10.6 Å². The Hall–Kier alpha value is -2.87. The van der Waals surface area contributed by atoms with Crippen LogP contribution in [0.25, 0.3) is 10.2 Å². The van der Waals surface area contributed by atoms with Crippen LogP contribution in [0.3, 0.4) is 0 Å². The summed E-state index contributed by atoms with van der Waals surface area (Å²) in [5, 5.41) is 3.74. The first-order valence-corrected chi connectivity index (χ1v) is 9.99. The third kappa shape index (κ3) is 3.13. The second-order valence-electron chi connectivity index (χ2n) is 6.93. The molecule has 1 saturated heterocycles. The number of halogens is 1. The molecule has 2 aliphatic rings. The zero-order valence-electron chi connectivity index (χ0n) is 15.0. The molecule has 1 unspecified atom stereocenters. The van der Waals surface area contributed by atoms with Crippen LogP contribution < -0.4 is 19.7 Å². The monoisotopic (exact) mass is 399 g/mol. The smallest absolute Gasteiger partial charge is 0.231 e. The predicted molar refractivity (Wildman–Crippen MR) is 106 cm³/mol. The topological polar surface area (TPSA) is 63.7 Å². The molecule has 0 radical (unpaired) electrons. The maximum atomic E-state index is 14.0. The van der Waals surface area contributed by atoms with Gasteiger partial charge in [-0.15, -0.1) is 0 Å². The van der Waals surface area contributed by atoms with Gasteiger partial charge in [-0.25, -0.2) is 9.37 Å². The van der Waals surface area contributed by atoms with Gasteiger partial charge in [-0.05, 0) is 37.1 Å². The van der Waals surface area contributed by atoms with Crippen molar-refractivity contribution in [2.75, 3.05) is 30.1 Å². The standard InChI is InChI=1S/C20H18FN3O3S/c21-14-4-1-5-17-18(14)23-20(28-17)24-8-2-3-12(10-24)19(25)22-13-6-7-15-16(9-13)27-11-26-15/h1,4-7,9,12H,2-3,8,10-11H2,(H,22,25). The molecule has 1 atom stereocenters. The average Bonchev–Trinajstić information content (AvgIpc) is 3.35. The Morgan fingerprint density at radius 3 is 3.04 bits per heavy atom. The summed E-state index contributed by atoms with van der Waals surface area (Å²) < 4.78 is 25.4. The second kappa shape index (κ2) is 6.94. The van der Waals surface area contributed by atoms with E-state index in [0.717, 1.165) is 29.2 Å². The lowest BCUT2D eigenvalue weighted by molar-refractivity contribution is -0.120. The SMILES string of the molecule is O=C(Nc1ccc2c(c1)OCO2)C1CCCN(c2nc3c(F)cccc3s2)C1. The molecular formula is C20H18FN3O3S. The van der Waals surface area contributed by atoms with Crippen molar-refractivity contribution >= 4 is 38.3 Å². The summed E-state index contributed by atoms with van der Waals surface area (Å²) in [6, 6.07) is 10.4. The maximum absolute atomic E-state index is 14.0. The van der Waals surface area contributed by atoms with Crippen molar-refractivity contribution in [2.45, 2.75) is 12.8 Å². The van der Waals surface area contributed by atoms with Crippen molar-refractivity contribution in [1.82, 2.24) is 4.98 Å². The van der Waals surface area contributed by atoms with E-state index in [1.807, 2.05) is 12.1 Å². The number of rotatable bonds is 3. The number of para-hydroxylation sites is 1. The Labute approximate surface area is 164 Å². The van der Waals surface area contributed by atoms with Gasteiger partial charge in [0.25, 0.3) is 0 Å². The van der Waals surface area contributed by atoms with Gasteiger partial charge in [-0.2, -0.15) is 0 Å². The quantitative estimate of drug-likeness (QED) is 0.721. The number of nitrogens with zero attached hydrogens (tertiary/aromatic N) is 2. The molecule has 2 aromatic carbocycles. The molecule has 28 heavy (non-hydrogen) atoms. The van der Waals surface area contributed by atoms with Crippen molar-refractivity contribution in [1.29, 1.82) is 0 Å². The Balaban J connectivity index is 1.30. The van der Waals surface area contributed by atoms with E-state index in [9.17, 15) is 9.18 Å². The minimum atomic E-state index is -0.311. The third-order valence-electron chi connectivity index (χ3n) is 5.06. The lowest BCUT2D eigenvalue weighted by Crippen LogP contribution is -2.40.